The highest BCUT2D eigenvalue weighted by Gasteiger charge is 2.49. The van der Waals surface area contributed by atoms with E-state index >= 15 is 0 Å². The SMILES string of the molecule is CS(=O)(=O)N[C@H]1CCCC[C@@H]1N1C(=O)c2ccccc2[C@@H](C(=O)NOCc2ccc(C(N)=O)cn2)[C@@H]1c1ccc(Cl)cc1Cl. The minimum absolute atomic E-state index is 0.114. The fourth-order valence-corrected chi connectivity index (χ4v) is 7.37. The number of primary amides is 1. The first-order valence-electron chi connectivity index (χ1n) is 13.9. The van der Waals surface area contributed by atoms with Gasteiger partial charge in [-0.25, -0.2) is 18.6 Å². The summed E-state index contributed by atoms with van der Waals surface area (Å²) in [7, 11) is -3.61. The van der Waals surface area contributed by atoms with E-state index in [1.165, 1.54) is 12.3 Å². The lowest BCUT2D eigenvalue weighted by atomic mass is 9.76. The number of hydrogen-bond acceptors (Lipinski definition) is 7. The molecule has 0 radical (unpaired) electrons. The average Bonchev–Trinajstić information content (AvgIpc) is 2.97. The van der Waals surface area contributed by atoms with Gasteiger partial charge in [-0.05, 0) is 54.3 Å². The van der Waals surface area contributed by atoms with Gasteiger partial charge in [0.2, 0.25) is 15.9 Å². The summed E-state index contributed by atoms with van der Waals surface area (Å²) in [6.45, 7) is -0.114. The number of halogens is 2. The lowest BCUT2D eigenvalue weighted by molar-refractivity contribution is -0.138. The standard InChI is InChI=1S/C30H31Cl2N5O6S/c1-44(41,42)36-24-8-4-5-9-25(24)37-27(22-13-11-18(31)14-23(22)32)26(20-6-2-3-7-21(20)30(37)40)29(39)35-43-16-19-12-10-17(15-34-19)28(33)38/h2-3,6-7,10-15,24-27,36H,4-5,8-9,16H2,1H3,(H2,33,38)(H,35,39)/t24-,25-,26+,27-/m0/s1. The van der Waals surface area contributed by atoms with E-state index in [2.05, 4.69) is 15.2 Å². The first-order valence-corrected chi connectivity index (χ1v) is 16.6. The second-order valence-corrected chi connectivity index (χ2v) is 13.5. The molecule has 14 heteroatoms. The van der Waals surface area contributed by atoms with Crippen molar-refractivity contribution in [1.82, 2.24) is 20.1 Å². The van der Waals surface area contributed by atoms with Gasteiger partial charge in [0, 0.05) is 33.9 Å². The smallest absolute Gasteiger partial charge is 0.255 e. The van der Waals surface area contributed by atoms with Crippen molar-refractivity contribution in [3.05, 3.63) is 98.8 Å². The molecule has 11 nitrogen and oxygen atoms in total. The Morgan fingerprint density at radius 3 is 2.50 bits per heavy atom. The molecular weight excluding hydrogens is 629 g/mol. The lowest BCUT2D eigenvalue weighted by Gasteiger charge is -2.49. The number of nitrogens with zero attached hydrogens (tertiary/aromatic N) is 2. The number of sulfonamides is 1. The quantitative estimate of drug-likeness (QED) is 0.294. The zero-order chi connectivity index (χ0) is 31.6. The van der Waals surface area contributed by atoms with Crippen molar-refractivity contribution in [2.24, 2.45) is 5.73 Å². The highest BCUT2D eigenvalue weighted by Crippen LogP contribution is 2.47. The summed E-state index contributed by atoms with van der Waals surface area (Å²) in [5.74, 6) is -2.50. The molecule has 44 heavy (non-hydrogen) atoms. The van der Waals surface area contributed by atoms with Gasteiger partial charge < -0.3 is 10.6 Å². The van der Waals surface area contributed by atoms with Crippen molar-refractivity contribution in [2.45, 2.75) is 56.3 Å². The van der Waals surface area contributed by atoms with Gasteiger partial charge in [0.1, 0.15) is 6.61 Å². The van der Waals surface area contributed by atoms with Crippen LogP contribution in [-0.2, 0) is 26.3 Å². The number of fused-ring (bicyclic) bond motifs is 1. The molecule has 3 amide bonds. The van der Waals surface area contributed by atoms with Gasteiger partial charge in [-0.1, -0.05) is 60.3 Å². The monoisotopic (exact) mass is 659 g/mol. The molecule has 3 aromatic rings. The Bertz CT molecular complexity index is 1690. The topological polar surface area (TPSA) is 161 Å². The second kappa shape index (κ2) is 13.2. The molecule has 1 aromatic heterocycles. The second-order valence-electron chi connectivity index (χ2n) is 10.9. The van der Waals surface area contributed by atoms with E-state index in [4.69, 9.17) is 33.8 Å². The molecule has 2 heterocycles. The molecule has 1 fully saturated rings. The van der Waals surface area contributed by atoms with E-state index in [-0.39, 0.29) is 23.1 Å². The summed E-state index contributed by atoms with van der Waals surface area (Å²) in [5, 5.41) is 0.627. The van der Waals surface area contributed by atoms with E-state index in [9.17, 15) is 22.8 Å². The molecule has 2 aliphatic rings. The first kappa shape index (κ1) is 31.9. The number of aromatic nitrogens is 1. The van der Waals surface area contributed by atoms with Crippen LogP contribution >= 0.6 is 23.2 Å². The Morgan fingerprint density at radius 2 is 1.82 bits per heavy atom. The molecule has 1 aliphatic carbocycles. The van der Waals surface area contributed by atoms with Crippen molar-refractivity contribution >= 4 is 50.9 Å². The normalized spacial score (nSPS) is 21.9. The van der Waals surface area contributed by atoms with Crippen LogP contribution in [0.25, 0.3) is 0 Å². The fraction of sp³-hybridized carbons (Fsp3) is 0.333. The zero-order valence-electron chi connectivity index (χ0n) is 23.7. The highest BCUT2D eigenvalue weighted by atomic mass is 35.5. The number of pyridine rings is 1. The Kier molecular flexibility index (Phi) is 9.56. The molecule has 5 rings (SSSR count). The third kappa shape index (κ3) is 6.89. The minimum Gasteiger partial charge on any atom is -0.366 e. The molecule has 4 N–H and O–H groups in total. The van der Waals surface area contributed by atoms with E-state index in [0.29, 0.717) is 40.2 Å². The van der Waals surface area contributed by atoms with Crippen molar-refractivity contribution in [1.29, 1.82) is 0 Å². The van der Waals surface area contributed by atoms with E-state index in [0.717, 1.165) is 19.1 Å². The van der Waals surface area contributed by atoms with Crippen LogP contribution in [0.3, 0.4) is 0 Å². The van der Waals surface area contributed by atoms with E-state index < -0.39 is 45.9 Å². The summed E-state index contributed by atoms with van der Waals surface area (Å²) in [6, 6.07) is 12.6. The number of carbonyl (C=O) groups is 3. The molecule has 1 aliphatic heterocycles. The van der Waals surface area contributed by atoms with E-state index in [1.54, 1.807) is 53.4 Å². The maximum absolute atomic E-state index is 14.3. The Morgan fingerprint density at radius 1 is 1.07 bits per heavy atom. The van der Waals surface area contributed by atoms with Crippen LogP contribution in [0.4, 0.5) is 0 Å². The number of nitrogens with one attached hydrogen (secondary N) is 2. The predicted molar refractivity (Wildman–Crippen MR) is 164 cm³/mol. The summed E-state index contributed by atoms with van der Waals surface area (Å²) >= 11 is 13.0. The highest BCUT2D eigenvalue weighted by molar-refractivity contribution is 7.88. The maximum Gasteiger partial charge on any atom is 0.255 e. The number of carbonyl (C=O) groups excluding carboxylic acids is 3. The van der Waals surface area contributed by atoms with Gasteiger partial charge >= 0.3 is 0 Å². The Labute approximate surface area is 265 Å². The van der Waals surface area contributed by atoms with Gasteiger partial charge in [-0.3, -0.25) is 24.2 Å². The summed E-state index contributed by atoms with van der Waals surface area (Å²) < 4.78 is 27.4. The van der Waals surface area contributed by atoms with Gasteiger partial charge in [0.05, 0.1) is 29.5 Å². The summed E-state index contributed by atoms with van der Waals surface area (Å²) in [5.41, 5.74) is 9.72. The van der Waals surface area contributed by atoms with Crippen LogP contribution in [0.2, 0.25) is 10.0 Å². The molecule has 4 atom stereocenters. The minimum atomic E-state index is -3.61. The number of rotatable bonds is 9. The van der Waals surface area contributed by atoms with Gasteiger partial charge in [-0.15, -0.1) is 0 Å². The van der Waals surface area contributed by atoms with Crippen LogP contribution in [0.15, 0.2) is 60.8 Å². The van der Waals surface area contributed by atoms with Crippen molar-refractivity contribution < 1.29 is 27.6 Å². The first-order chi connectivity index (χ1) is 20.9. The molecule has 1 saturated carbocycles. The predicted octanol–water partition coefficient (Wildman–Crippen LogP) is 3.88. The van der Waals surface area contributed by atoms with Gasteiger partial charge in [0.25, 0.3) is 11.8 Å². The molecule has 232 valence electrons. The fourth-order valence-electron chi connectivity index (χ4n) is 6.03. The molecule has 2 aromatic carbocycles. The molecule has 0 spiro atoms. The number of hydroxylamine groups is 1. The Balaban J connectivity index is 1.55. The number of benzene rings is 2. The number of hydrogen-bond donors (Lipinski definition) is 3. The number of nitrogens with two attached hydrogens (primary N) is 1. The lowest BCUT2D eigenvalue weighted by Crippen LogP contribution is -2.59. The zero-order valence-corrected chi connectivity index (χ0v) is 26.0. The van der Waals surface area contributed by atoms with Crippen LogP contribution in [0.5, 0.6) is 0 Å². The van der Waals surface area contributed by atoms with Crippen LogP contribution in [0.1, 0.15) is 75.2 Å². The summed E-state index contributed by atoms with van der Waals surface area (Å²) in [6.07, 6.45) is 4.98. The summed E-state index contributed by atoms with van der Waals surface area (Å²) in [4.78, 5) is 51.0. The van der Waals surface area contributed by atoms with Gasteiger partial charge in [-0.2, -0.15) is 0 Å². The van der Waals surface area contributed by atoms with E-state index in [1.807, 2.05) is 0 Å². The largest absolute Gasteiger partial charge is 0.366 e. The molecule has 0 unspecified atom stereocenters. The van der Waals surface area contributed by atoms with Gasteiger partial charge in [0.15, 0.2) is 0 Å². The third-order valence-electron chi connectivity index (χ3n) is 7.89. The maximum atomic E-state index is 14.3. The van der Waals surface area contributed by atoms with Crippen LogP contribution < -0.4 is 15.9 Å². The third-order valence-corrected chi connectivity index (χ3v) is 9.19. The van der Waals surface area contributed by atoms with Crippen molar-refractivity contribution in [3.63, 3.8) is 0 Å². The number of amides is 3. The van der Waals surface area contributed by atoms with Crippen LogP contribution in [0, 0.1) is 0 Å². The average molecular weight is 661 g/mol. The molecular formula is C30H31Cl2N5O6S. The molecule has 0 bridgehead atoms. The van der Waals surface area contributed by atoms with Crippen molar-refractivity contribution in [3.8, 4) is 0 Å². The Hall–Kier alpha value is -3.55. The molecule has 0 saturated heterocycles. The van der Waals surface area contributed by atoms with Crippen molar-refractivity contribution in [2.75, 3.05) is 6.26 Å². The van der Waals surface area contributed by atoms with Crippen LogP contribution in [-0.4, -0.2) is 54.4 Å².